The van der Waals surface area contributed by atoms with Gasteiger partial charge in [-0.2, -0.15) is 0 Å². The van der Waals surface area contributed by atoms with Crippen molar-refractivity contribution in [3.63, 3.8) is 0 Å². The molecule has 3 aromatic rings. The average Bonchev–Trinajstić information content (AvgIpc) is 3.01. The van der Waals surface area contributed by atoms with Crippen molar-refractivity contribution >= 4 is 5.82 Å². The van der Waals surface area contributed by atoms with Crippen LogP contribution in [0.15, 0.2) is 42.5 Å². The number of hydrogen-bond acceptors (Lipinski definition) is 4. The van der Waals surface area contributed by atoms with Crippen molar-refractivity contribution < 1.29 is 9.13 Å². The van der Waals surface area contributed by atoms with Crippen LogP contribution in [0.25, 0.3) is 0 Å². The van der Waals surface area contributed by atoms with E-state index in [1.807, 2.05) is 13.0 Å². The number of rotatable bonds is 5. The van der Waals surface area contributed by atoms with E-state index in [9.17, 15) is 4.39 Å². The predicted molar refractivity (Wildman–Crippen MR) is 97.4 cm³/mol. The summed E-state index contributed by atoms with van der Waals surface area (Å²) < 4.78 is 21.1. The first-order chi connectivity index (χ1) is 12.7. The molecule has 0 atom stereocenters. The minimum absolute atomic E-state index is 0.229. The van der Waals surface area contributed by atoms with E-state index in [0.717, 1.165) is 24.5 Å². The zero-order valence-electron chi connectivity index (χ0n) is 14.7. The van der Waals surface area contributed by atoms with Crippen LogP contribution in [0.2, 0.25) is 0 Å². The van der Waals surface area contributed by atoms with Crippen LogP contribution in [0, 0.1) is 12.7 Å². The molecule has 4 rings (SSSR count). The molecule has 0 unspecified atom stereocenters. The lowest BCUT2D eigenvalue weighted by molar-refractivity contribution is 0.110. The summed E-state index contributed by atoms with van der Waals surface area (Å²) >= 11 is 0. The van der Waals surface area contributed by atoms with Crippen molar-refractivity contribution in [1.29, 1.82) is 0 Å². The minimum Gasteiger partial charge on any atom is -0.376 e. The fourth-order valence-electron chi connectivity index (χ4n) is 3.18. The second kappa shape index (κ2) is 7.25. The van der Waals surface area contributed by atoms with Gasteiger partial charge in [0.1, 0.15) is 5.82 Å². The highest BCUT2D eigenvalue weighted by atomic mass is 19.1. The van der Waals surface area contributed by atoms with Crippen molar-refractivity contribution in [2.75, 3.05) is 11.9 Å². The van der Waals surface area contributed by atoms with E-state index in [4.69, 9.17) is 4.74 Å². The highest BCUT2D eigenvalue weighted by Crippen LogP contribution is 2.20. The highest BCUT2D eigenvalue weighted by Gasteiger charge is 2.12. The maximum atomic E-state index is 13.8. The molecule has 134 valence electrons. The van der Waals surface area contributed by atoms with Crippen LogP contribution in [0.1, 0.15) is 27.9 Å². The third kappa shape index (κ3) is 3.46. The Hall–Kier alpha value is -2.73. The molecule has 1 aliphatic heterocycles. The molecule has 0 saturated carbocycles. The Labute approximate surface area is 151 Å². The first-order valence-corrected chi connectivity index (χ1v) is 8.76. The molecular weight excluding hydrogens is 331 g/mol. The van der Waals surface area contributed by atoms with Crippen LogP contribution >= 0.6 is 0 Å². The molecular formula is C20H21FN4O. The van der Waals surface area contributed by atoms with Gasteiger partial charge in [0.15, 0.2) is 5.82 Å². The molecule has 1 aromatic heterocycles. The molecule has 0 bridgehead atoms. The third-order valence-electron chi connectivity index (χ3n) is 4.76. The largest absolute Gasteiger partial charge is 0.376 e. The van der Waals surface area contributed by atoms with Crippen molar-refractivity contribution in [3.8, 4) is 0 Å². The topological polar surface area (TPSA) is 52.0 Å². The Bertz CT molecular complexity index is 922. The molecule has 1 aliphatic rings. The Morgan fingerprint density at radius 1 is 1.19 bits per heavy atom. The molecule has 0 radical (unpaired) electrons. The van der Waals surface area contributed by atoms with Gasteiger partial charge in [0.25, 0.3) is 0 Å². The van der Waals surface area contributed by atoms with Crippen LogP contribution in [0.3, 0.4) is 0 Å². The summed E-state index contributed by atoms with van der Waals surface area (Å²) in [6.45, 7) is 4.44. The molecule has 0 fully saturated rings. The second-order valence-corrected chi connectivity index (χ2v) is 6.53. The lowest BCUT2D eigenvalue weighted by atomic mass is 10.0. The summed E-state index contributed by atoms with van der Waals surface area (Å²) in [4.78, 5) is 0. The first kappa shape index (κ1) is 16.7. The Balaban J connectivity index is 1.45. The van der Waals surface area contributed by atoms with Gasteiger partial charge >= 0.3 is 0 Å². The number of benzene rings is 2. The van der Waals surface area contributed by atoms with Crippen LogP contribution in [-0.4, -0.2) is 21.6 Å². The number of nitrogens with zero attached hydrogens (tertiary/aromatic N) is 3. The molecule has 1 N–H and O–H groups in total. The van der Waals surface area contributed by atoms with Gasteiger partial charge in [-0.1, -0.05) is 41.6 Å². The summed E-state index contributed by atoms with van der Waals surface area (Å²) in [6, 6.07) is 13.2. The van der Waals surface area contributed by atoms with E-state index in [2.05, 4.69) is 33.8 Å². The van der Waals surface area contributed by atoms with Gasteiger partial charge in [-0.15, -0.1) is 5.10 Å². The number of halogens is 1. The Morgan fingerprint density at radius 3 is 2.96 bits per heavy atom. The van der Waals surface area contributed by atoms with E-state index in [1.165, 1.54) is 22.8 Å². The maximum absolute atomic E-state index is 13.8. The highest BCUT2D eigenvalue weighted by molar-refractivity contribution is 5.41. The summed E-state index contributed by atoms with van der Waals surface area (Å²) in [5.41, 5.74) is 5.29. The summed E-state index contributed by atoms with van der Waals surface area (Å²) in [7, 11) is 0. The lowest BCUT2D eigenvalue weighted by Crippen LogP contribution is -2.11. The van der Waals surface area contributed by atoms with Crippen molar-refractivity contribution in [1.82, 2.24) is 15.0 Å². The standard InChI is InChI=1S/C20H21FN4O/c1-14-20(23-24-25(14)12-17-4-2-3-5-19(17)21)22-11-15-6-7-16-8-9-26-13-18(16)10-15/h2-7,10,22H,8-9,11-13H2,1H3. The zero-order chi connectivity index (χ0) is 17.9. The van der Waals surface area contributed by atoms with Crippen LogP contribution in [0.5, 0.6) is 0 Å². The van der Waals surface area contributed by atoms with E-state index in [0.29, 0.717) is 25.3 Å². The second-order valence-electron chi connectivity index (χ2n) is 6.53. The molecule has 26 heavy (non-hydrogen) atoms. The van der Waals surface area contributed by atoms with Gasteiger partial charge < -0.3 is 10.1 Å². The summed E-state index contributed by atoms with van der Waals surface area (Å²) in [6.07, 6.45) is 0.979. The Kier molecular flexibility index (Phi) is 4.67. The molecule has 5 nitrogen and oxygen atoms in total. The maximum Gasteiger partial charge on any atom is 0.171 e. The number of ether oxygens (including phenoxy) is 1. The van der Waals surface area contributed by atoms with E-state index in [-0.39, 0.29) is 5.82 Å². The number of nitrogens with one attached hydrogen (secondary N) is 1. The summed E-state index contributed by atoms with van der Waals surface area (Å²) in [5.74, 6) is 0.489. The lowest BCUT2D eigenvalue weighted by Gasteiger charge is -2.17. The fraction of sp³-hybridized carbons (Fsp3) is 0.300. The van der Waals surface area contributed by atoms with E-state index >= 15 is 0 Å². The molecule has 2 aromatic carbocycles. The van der Waals surface area contributed by atoms with Crippen molar-refractivity contribution in [3.05, 3.63) is 76.2 Å². The zero-order valence-corrected chi connectivity index (χ0v) is 14.7. The van der Waals surface area contributed by atoms with Gasteiger partial charge in [-0.05, 0) is 36.1 Å². The van der Waals surface area contributed by atoms with E-state index in [1.54, 1.807) is 16.8 Å². The summed E-state index contributed by atoms with van der Waals surface area (Å²) in [5, 5.41) is 11.7. The van der Waals surface area contributed by atoms with Gasteiger partial charge in [0.2, 0.25) is 0 Å². The SMILES string of the molecule is Cc1c(NCc2ccc3c(c2)COCC3)nnn1Cc1ccccc1F. The molecule has 6 heteroatoms. The minimum atomic E-state index is -0.229. The quantitative estimate of drug-likeness (QED) is 0.764. The third-order valence-corrected chi connectivity index (χ3v) is 4.76. The van der Waals surface area contributed by atoms with Crippen molar-refractivity contribution in [2.45, 2.75) is 33.0 Å². The van der Waals surface area contributed by atoms with Gasteiger partial charge in [-0.25, -0.2) is 9.07 Å². The van der Waals surface area contributed by atoms with Gasteiger partial charge in [0, 0.05) is 12.1 Å². The fourth-order valence-corrected chi connectivity index (χ4v) is 3.18. The van der Waals surface area contributed by atoms with Gasteiger partial charge in [-0.3, -0.25) is 0 Å². The van der Waals surface area contributed by atoms with Gasteiger partial charge in [0.05, 0.1) is 25.5 Å². The van der Waals surface area contributed by atoms with Crippen molar-refractivity contribution in [2.24, 2.45) is 0 Å². The first-order valence-electron chi connectivity index (χ1n) is 8.76. The molecule has 0 saturated heterocycles. The van der Waals surface area contributed by atoms with Crippen LogP contribution in [0.4, 0.5) is 10.2 Å². The van der Waals surface area contributed by atoms with Crippen LogP contribution < -0.4 is 5.32 Å². The smallest absolute Gasteiger partial charge is 0.171 e. The number of hydrogen-bond donors (Lipinski definition) is 1. The number of anilines is 1. The molecule has 2 heterocycles. The monoisotopic (exact) mass is 352 g/mol. The number of aromatic nitrogens is 3. The molecule has 0 spiro atoms. The molecule has 0 amide bonds. The normalized spacial score (nSPS) is 13.5. The van der Waals surface area contributed by atoms with Crippen LogP contribution in [-0.2, 0) is 30.9 Å². The predicted octanol–water partition coefficient (Wildman–Crippen LogP) is 3.46. The molecule has 0 aliphatic carbocycles. The number of fused-ring (bicyclic) bond motifs is 1. The van der Waals surface area contributed by atoms with E-state index < -0.39 is 0 Å². The Morgan fingerprint density at radius 2 is 2.08 bits per heavy atom. The average molecular weight is 352 g/mol.